The van der Waals surface area contributed by atoms with Crippen LogP contribution in [0.1, 0.15) is 31.1 Å². The van der Waals surface area contributed by atoms with Crippen molar-refractivity contribution in [2.45, 2.75) is 20.8 Å². The van der Waals surface area contributed by atoms with Gasteiger partial charge in [0.1, 0.15) is 0 Å². The van der Waals surface area contributed by atoms with E-state index in [9.17, 15) is 4.79 Å². The lowest BCUT2D eigenvalue weighted by molar-refractivity contribution is 0.0858. The summed E-state index contributed by atoms with van der Waals surface area (Å²) >= 11 is 1.52. The van der Waals surface area contributed by atoms with Crippen molar-refractivity contribution in [3.05, 3.63) is 29.8 Å². The number of ketones is 1. The maximum absolute atomic E-state index is 12.0. The molecule has 0 saturated heterocycles. The summed E-state index contributed by atoms with van der Waals surface area (Å²) in [6, 6.07) is 7.61. The molecule has 1 aromatic carbocycles. The van der Waals surface area contributed by atoms with Crippen molar-refractivity contribution in [1.29, 1.82) is 0 Å². The van der Waals surface area contributed by atoms with Crippen LogP contribution in [0.25, 0.3) is 0 Å². The minimum atomic E-state index is -0.321. The Kier molecular flexibility index (Phi) is 3.80. The SMILES string of the molecule is CSNc1cccc(C(=O)C(C)(C)C)c1. The molecule has 0 radical (unpaired) electrons. The van der Waals surface area contributed by atoms with Crippen LogP contribution in [0.3, 0.4) is 0 Å². The van der Waals surface area contributed by atoms with Crippen molar-refractivity contribution in [1.82, 2.24) is 0 Å². The Labute approximate surface area is 95.6 Å². The highest BCUT2D eigenvalue weighted by Crippen LogP contribution is 2.23. The van der Waals surface area contributed by atoms with Crippen LogP contribution in [0.4, 0.5) is 5.69 Å². The van der Waals surface area contributed by atoms with Crippen LogP contribution in [-0.4, -0.2) is 12.0 Å². The van der Waals surface area contributed by atoms with Crippen LogP contribution in [0.2, 0.25) is 0 Å². The summed E-state index contributed by atoms with van der Waals surface area (Å²) in [5.74, 6) is 0.173. The molecule has 0 bridgehead atoms. The van der Waals surface area contributed by atoms with Crippen LogP contribution >= 0.6 is 11.9 Å². The first-order valence-electron chi connectivity index (χ1n) is 4.89. The van der Waals surface area contributed by atoms with Gasteiger partial charge in [-0.15, -0.1) is 0 Å². The molecule has 0 heterocycles. The van der Waals surface area contributed by atoms with Gasteiger partial charge in [-0.2, -0.15) is 0 Å². The highest BCUT2D eigenvalue weighted by Gasteiger charge is 2.22. The fraction of sp³-hybridized carbons (Fsp3) is 0.417. The molecule has 0 aliphatic heterocycles. The van der Waals surface area contributed by atoms with E-state index in [2.05, 4.69) is 4.72 Å². The largest absolute Gasteiger partial charge is 0.330 e. The van der Waals surface area contributed by atoms with Gasteiger partial charge in [-0.1, -0.05) is 44.9 Å². The second-order valence-electron chi connectivity index (χ2n) is 4.47. The van der Waals surface area contributed by atoms with Gasteiger partial charge >= 0.3 is 0 Å². The number of nitrogens with one attached hydrogen (secondary N) is 1. The summed E-state index contributed by atoms with van der Waals surface area (Å²) in [7, 11) is 0. The zero-order valence-electron chi connectivity index (χ0n) is 9.63. The van der Waals surface area contributed by atoms with Crippen molar-refractivity contribution in [3.63, 3.8) is 0 Å². The van der Waals surface area contributed by atoms with Gasteiger partial charge in [0, 0.05) is 22.9 Å². The Morgan fingerprint density at radius 3 is 2.53 bits per heavy atom. The van der Waals surface area contributed by atoms with Crippen molar-refractivity contribution < 1.29 is 4.79 Å². The highest BCUT2D eigenvalue weighted by molar-refractivity contribution is 7.99. The molecule has 1 aromatic rings. The highest BCUT2D eigenvalue weighted by atomic mass is 32.2. The standard InChI is InChI=1S/C12H17NOS/c1-12(2,3)11(14)9-6-5-7-10(8-9)13-15-4/h5-8,13H,1-4H3. The van der Waals surface area contributed by atoms with E-state index in [1.54, 1.807) is 0 Å². The van der Waals surface area contributed by atoms with E-state index in [-0.39, 0.29) is 11.2 Å². The first kappa shape index (κ1) is 12.1. The van der Waals surface area contributed by atoms with Crippen LogP contribution < -0.4 is 4.72 Å². The number of hydrogen-bond donors (Lipinski definition) is 1. The maximum Gasteiger partial charge on any atom is 0.168 e. The average molecular weight is 223 g/mol. The molecule has 0 spiro atoms. The summed E-state index contributed by atoms with van der Waals surface area (Å²) < 4.78 is 3.12. The number of Topliss-reactive ketones (excluding diaryl/α,β-unsaturated/α-hetero) is 1. The smallest absolute Gasteiger partial charge is 0.168 e. The molecule has 0 aromatic heterocycles. The molecule has 82 valence electrons. The first-order valence-corrected chi connectivity index (χ1v) is 6.11. The van der Waals surface area contributed by atoms with E-state index in [1.807, 2.05) is 51.3 Å². The predicted octanol–water partition coefficient (Wildman–Crippen LogP) is 3.61. The van der Waals surface area contributed by atoms with Crippen LogP contribution in [0.5, 0.6) is 0 Å². The molecule has 0 aliphatic carbocycles. The quantitative estimate of drug-likeness (QED) is 0.627. The van der Waals surface area contributed by atoms with E-state index in [0.717, 1.165) is 11.3 Å². The molecule has 0 unspecified atom stereocenters. The molecule has 0 aliphatic rings. The number of anilines is 1. The first-order chi connectivity index (χ1) is 6.95. The van der Waals surface area contributed by atoms with E-state index in [1.165, 1.54) is 11.9 Å². The third kappa shape index (κ3) is 3.27. The predicted molar refractivity (Wildman–Crippen MR) is 67.4 cm³/mol. The normalized spacial score (nSPS) is 11.2. The third-order valence-corrected chi connectivity index (χ3v) is 2.47. The zero-order chi connectivity index (χ0) is 11.5. The second kappa shape index (κ2) is 4.71. The van der Waals surface area contributed by atoms with Crippen molar-refractivity contribution >= 4 is 23.4 Å². The van der Waals surface area contributed by atoms with Crippen LogP contribution in [-0.2, 0) is 0 Å². The molecule has 1 rings (SSSR count). The number of carbonyl (C=O) groups excluding carboxylic acids is 1. The molecule has 3 heteroatoms. The molecule has 2 nitrogen and oxygen atoms in total. The zero-order valence-corrected chi connectivity index (χ0v) is 10.4. The second-order valence-corrected chi connectivity index (χ2v) is 5.08. The molecule has 0 fully saturated rings. The Bertz CT molecular complexity index is 355. The minimum absolute atomic E-state index is 0.173. The lowest BCUT2D eigenvalue weighted by atomic mass is 9.86. The maximum atomic E-state index is 12.0. The fourth-order valence-corrected chi connectivity index (χ4v) is 1.64. The number of hydrogen-bond acceptors (Lipinski definition) is 3. The fourth-order valence-electron chi connectivity index (χ4n) is 1.27. The molecule has 15 heavy (non-hydrogen) atoms. The molecule has 0 atom stereocenters. The molecule has 1 N–H and O–H groups in total. The van der Waals surface area contributed by atoms with Crippen LogP contribution in [0.15, 0.2) is 24.3 Å². The number of carbonyl (C=O) groups is 1. The average Bonchev–Trinajstić information content (AvgIpc) is 2.16. The van der Waals surface area contributed by atoms with E-state index >= 15 is 0 Å². The van der Waals surface area contributed by atoms with Gasteiger partial charge in [-0.3, -0.25) is 4.79 Å². The van der Waals surface area contributed by atoms with Gasteiger partial charge in [0.05, 0.1) is 0 Å². The van der Waals surface area contributed by atoms with Gasteiger partial charge in [0.15, 0.2) is 5.78 Å². The van der Waals surface area contributed by atoms with Crippen molar-refractivity contribution in [2.75, 3.05) is 11.0 Å². The van der Waals surface area contributed by atoms with Crippen LogP contribution in [0, 0.1) is 5.41 Å². The summed E-state index contributed by atoms with van der Waals surface area (Å²) in [5, 5.41) is 0. The van der Waals surface area contributed by atoms with Gasteiger partial charge in [-0.25, -0.2) is 0 Å². The van der Waals surface area contributed by atoms with E-state index in [4.69, 9.17) is 0 Å². The monoisotopic (exact) mass is 223 g/mol. The van der Waals surface area contributed by atoms with Gasteiger partial charge in [-0.05, 0) is 12.1 Å². The lowest BCUT2D eigenvalue weighted by Gasteiger charge is -2.17. The Hall–Kier alpha value is -0.960. The molecular formula is C12H17NOS. The summed E-state index contributed by atoms with van der Waals surface area (Å²) in [6.07, 6.45) is 1.96. The summed E-state index contributed by atoms with van der Waals surface area (Å²) in [6.45, 7) is 5.80. The topological polar surface area (TPSA) is 29.1 Å². The van der Waals surface area contributed by atoms with Gasteiger partial charge < -0.3 is 4.72 Å². The van der Waals surface area contributed by atoms with Gasteiger partial charge in [0.25, 0.3) is 0 Å². The molecule has 0 saturated carbocycles. The van der Waals surface area contributed by atoms with Crippen molar-refractivity contribution in [3.8, 4) is 0 Å². The number of benzene rings is 1. The third-order valence-electron chi connectivity index (χ3n) is 2.03. The Balaban J connectivity index is 2.95. The minimum Gasteiger partial charge on any atom is -0.330 e. The lowest BCUT2D eigenvalue weighted by Crippen LogP contribution is -2.20. The Morgan fingerprint density at radius 2 is 2.00 bits per heavy atom. The molecular weight excluding hydrogens is 206 g/mol. The summed E-state index contributed by atoms with van der Waals surface area (Å²) in [4.78, 5) is 12.0. The molecule has 0 amide bonds. The van der Waals surface area contributed by atoms with Crippen molar-refractivity contribution in [2.24, 2.45) is 5.41 Å². The van der Waals surface area contributed by atoms with Gasteiger partial charge in [0.2, 0.25) is 0 Å². The Morgan fingerprint density at radius 1 is 1.33 bits per heavy atom. The number of rotatable bonds is 3. The van der Waals surface area contributed by atoms with E-state index < -0.39 is 0 Å². The van der Waals surface area contributed by atoms with E-state index in [0.29, 0.717) is 0 Å². The summed E-state index contributed by atoms with van der Waals surface area (Å²) in [5.41, 5.74) is 1.41.